The van der Waals surface area contributed by atoms with Crippen molar-refractivity contribution in [2.24, 2.45) is 0 Å². The quantitative estimate of drug-likeness (QED) is 0.792. The van der Waals surface area contributed by atoms with Crippen molar-refractivity contribution in [1.82, 2.24) is 15.3 Å². The highest BCUT2D eigenvalue weighted by Gasteiger charge is 2.31. The summed E-state index contributed by atoms with van der Waals surface area (Å²) in [4.78, 5) is 20.3. The molecule has 0 radical (unpaired) electrons. The molecule has 2 rings (SSSR count). The standard InChI is InChI=1S/C14H22N4O2/c1-3-5-15-13-9-16-12(8-17-13)14(19)18-10-6-11(7-10)20-4-2/h8-11H,3-7H2,1-2H3,(H,15,17)(H,18,19). The lowest BCUT2D eigenvalue weighted by atomic mass is 9.89. The molecule has 1 aromatic rings. The van der Waals surface area contributed by atoms with Crippen LogP contribution in [0.25, 0.3) is 0 Å². The second-order valence-electron chi connectivity index (χ2n) is 4.93. The number of anilines is 1. The molecule has 0 aromatic carbocycles. The van der Waals surface area contributed by atoms with Gasteiger partial charge in [0.25, 0.3) is 5.91 Å². The van der Waals surface area contributed by atoms with Gasteiger partial charge in [-0.2, -0.15) is 0 Å². The molecule has 6 heteroatoms. The predicted octanol–water partition coefficient (Wildman–Crippen LogP) is 1.60. The smallest absolute Gasteiger partial charge is 0.271 e. The third kappa shape index (κ3) is 3.90. The number of nitrogens with one attached hydrogen (secondary N) is 2. The van der Waals surface area contributed by atoms with Crippen molar-refractivity contribution in [2.45, 2.75) is 45.3 Å². The molecule has 0 aliphatic heterocycles. The number of hydrogen-bond acceptors (Lipinski definition) is 5. The van der Waals surface area contributed by atoms with E-state index in [0.29, 0.717) is 11.5 Å². The van der Waals surface area contributed by atoms with Crippen LogP contribution in [0.3, 0.4) is 0 Å². The van der Waals surface area contributed by atoms with Crippen LogP contribution in [0.1, 0.15) is 43.6 Å². The zero-order valence-corrected chi connectivity index (χ0v) is 12.1. The van der Waals surface area contributed by atoms with Gasteiger partial charge < -0.3 is 15.4 Å². The molecule has 1 aliphatic rings. The second-order valence-corrected chi connectivity index (χ2v) is 4.93. The molecule has 1 saturated carbocycles. The van der Waals surface area contributed by atoms with Gasteiger partial charge in [-0.25, -0.2) is 9.97 Å². The Morgan fingerprint density at radius 1 is 1.35 bits per heavy atom. The number of ether oxygens (including phenoxy) is 1. The summed E-state index contributed by atoms with van der Waals surface area (Å²) in [7, 11) is 0. The highest BCUT2D eigenvalue weighted by Crippen LogP contribution is 2.23. The summed E-state index contributed by atoms with van der Waals surface area (Å²) in [6.45, 7) is 5.64. The number of aromatic nitrogens is 2. The van der Waals surface area contributed by atoms with Gasteiger partial charge in [0, 0.05) is 19.2 Å². The molecule has 1 aromatic heterocycles. The van der Waals surface area contributed by atoms with Gasteiger partial charge in [-0.1, -0.05) is 6.92 Å². The Bertz CT molecular complexity index is 429. The summed E-state index contributed by atoms with van der Waals surface area (Å²) in [5, 5.41) is 6.06. The zero-order chi connectivity index (χ0) is 14.4. The van der Waals surface area contributed by atoms with Crippen molar-refractivity contribution in [3.05, 3.63) is 18.1 Å². The monoisotopic (exact) mass is 278 g/mol. The molecule has 1 heterocycles. The zero-order valence-electron chi connectivity index (χ0n) is 12.1. The van der Waals surface area contributed by atoms with Crippen molar-refractivity contribution < 1.29 is 9.53 Å². The van der Waals surface area contributed by atoms with Crippen molar-refractivity contribution in [3.63, 3.8) is 0 Å². The number of hydrogen-bond donors (Lipinski definition) is 2. The summed E-state index contributed by atoms with van der Waals surface area (Å²) >= 11 is 0. The lowest BCUT2D eigenvalue weighted by Gasteiger charge is -2.35. The minimum Gasteiger partial charge on any atom is -0.378 e. The number of carbonyl (C=O) groups is 1. The SMILES string of the molecule is CCCNc1cnc(C(=O)NC2CC(OCC)C2)cn1. The summed E-state index contributed by atoms with van der Waals surface area (Å²) in [5.74, 6) is 0.531. The average Bonchev–Trinajstić information content (AvgIpc) is 2.43. The van der Waals surface area contributed by atoms with Crippen LogP contribution in [-0.2, 0) is 4.74 Å². The molecule has 1 amide bonds. The molecule has 0 saturated heterocycles. The van der Waals surface area contributed by atoms with Gasteiger partial charge in [-0.15, -0.1) is 0 Å². The highest BCUT2D eigenvalue weighted by atomic mass is 16.5. The van der Waals surface area contributed by atoms with Gasteiger partial charge >= 0.3 is 0 Å². The van der Waals surface area contributed by atoms with Crippen LogP contribution in [0, 0.1) is 0 Å². The first-order valence-corrected chi connectivity index (χ1v) is 7.21. The van der Waals surface area contributed by atoms with E-state index in [1.165, 1.54) is 6.20 Å². The fraction of sp³-hybridized carbons (Fsp3) is 0.643. The number of rotatable bonds is 7. The van der Waals surface area contributed by atoms with Gasteiger partial charge in [0.2, 0.25) is 0 Å². The van der Waals surface area contributed by atoms with E-state index in [0.717, 1.165) is 32.4 Å². The summed E-state index contributed by atoms with van der Waals surface area (Å²) in [5.41, 5.74) is 0.354. The molecule has 2 N–H and O–H groups in total. The molecule has 1 aliphatic carbocycles. The van der Waals surface area contributed by atoms with Gasteiger partial charge in [0.05, 0.1) is 18.5 Å². The fourth-order valence-electron chi connectivity index (χ4n) is 2.10. The fourth-order valence-corrected chi connectivity index (χ4v) is 2.10. The van der Waals surface area contributed by atoms with E-state index >= 15 is 0 Å². The Morgan fingerprint density at radius 2 is 2.15 bits per heavy atom. The topological polar surface area (TPSA) is 76.1 Å². The third-order valence-electron chi connectivity index (χ3n) is 3.27. The van der Waals surface area contributed by atoms with E-state index in [4.69, 9.17) is 4.74 Å². The van der Waals surface area contributed by atoms with Gasteiger partial charge in [0.15, 0.2) is 0 Å². The summed E-state index contributed by atoms with van der Waals surface area (Å²) < 4.78 is 5.46. The molecule has 0 bridgehead atoms. The van der Waals surface area contributed by atoms with Gasteiger partial charge in [-0.3, -0.25) is 4.79 Å². The van der Waals surface area contributed by atoms with Crippen LogP contribution < -0.4 is 10.6 Å². The van der Waals surface area contributed by atoms with Crippen LogP contribution in [-0.4, -0.2) is 41.2 Å². The first-order chi connectivity index (χ1) is 9.72. The Labute approximate surface area is 119 Å². The van der Waals surface area contributed by atoms with Crippen molar-refractivity contribution in [1.29, 1.82) is 0 Å². The lowest BCUT2D eigenvalue weighted by molar-refractivity contribution is -0.00867. The van der Waals surface area contributed by atoms with Crippen molar-refractivity contribution >= 4 is 11.7 Å². The third-order valence-corrected chi connectivity index (χ3v) is 3.27. The minimum absolute atomic E-state index is 0.167. The molecule has 110 valence electrons. The maximum Gasteiger partial charge on any atom is 0.271 e. The first kappa shape index (κ1) is 14.7. The Hall–Kier alpha value is -1.69. The molecule has 0 atom stereocenters. The molecule has 20 heavy (non-hydrogen) atoms. The van der Waals surface area contributed by atoms with Crippen LogP contribution in [0.4, 0.5) is 5.82 Å². The lowest BCUT2D eigenvalue weighted by Crippen LogP contribution is -2.48. The number of carbonyl (C=O) groups excluding carboxylic acids is 1. The number of nitrogens with zero attached hydrogens (tertiary/aromatic N) is 2. The predicted molar refractivity (Wildman–Crippen MR) is 76.7 cm³/mol. The Kier molecular flexibility index (Phi) is 5.29. The Morgan fingerprint density at radius 3 is 2.75 bits per heavy atom. The van der Waals surface area contributed by atoms with E-state index < -0.39 is 0 Å². The molecular weight excluding hydrogens is 256 g/mol. The Balaban J connectivity index is 1.78. The van der Waals surface area contributed by atoms with Gasteiger partial charge in [-0.05, 0) is 26.2 Å². The van der Waals surface area contributed by atoms with Crippen molar-refractivity contribution in [3.8, 4) is 0 Å². The average molecular weight is 278 g/mol. The maximum atomic E-state index is 12.0. The van der Waals surface area contributed by atoms with E-state index in [-0.39, 0.29) is 18.1 Å². The van der Waals surface area contributed by atoms with E-state index in [2.05, 4.69) is 27.5 Å². The largest absolute Gasteiger partial charge is 0.378 e. The first-order valence-electron chi connectivity index (χ1n) is 7.21. The van der Waals surface area contributed by atoms with Crippen LogP contribution >= 0.6 is 0 Å². The summed E-state index contributed by atoms with van der Waals surface area (Å²) in [6.07, 6.45) is 6.16. The van der Waals surface area contributed by atoms with Crippen LogP contribution in [0.2, 0.25) is 0 Å². The molecule has 0 spiro atoms. The normalized spacial score (nSPS) is 21.1. The van der Waals surface area contributed by atoms with Crippen LogP contribution in [0.5, 0.6) is 0 Å². The van der Waals surface area contributed by atoms with Gasteiger partial charge in [0.1, 0.15) is 11.5 Å². The van der Waals surface area contributed by atoms with Crippen LogP contribution in [0.15, 0.2) is 12.4 Å². The highest BCUT2D eigenvalue weighted by molar-refractivity contribution is 5.92. The molecule has 1 fully saturated rings. The number of amides is 1. The van der Waals surface area contributed by atoms with E-state index in [1.807, 2.05) is 6.92 Å². The second kappa shape index (κ2) is 7.19. The van der Waals surface area contributed by atoms with Crippen molar-refractivity contribution in [2.75, 3.05) is 18.5 Å². The maximum absolute atomic E-state index is 12.0. The molecule has 6 nitrogen and oxygen atoms in total. The molecule has 0 unspecified atom stereocenters. The van der Waals surface area contributed by atoms with E-state index in [9.17, 15) is 4.79 Å². The molecular formula is C14H22N4O2. The minimum atomic E-state index is -0.167. The summed E-state index contributed by atoms with van der Waals surface area (Å²) in [6, 6.07) is 0.193. The van der Waals surface area contributed by atoms with E-state index in [1.54, 1.807) is 6.20 Å².